The Balaban J connectivity index is 1.43. The lowest BCUT2D eigenvalue weighted by Crippen LogP contribution is -1.97. The largest absolute Gasteiger partial charge is 0.264 e. The second-order valence-corrected chi connectivity index (χ2v) is 10.5. The molecule has 0 bridgehead atoms. The zero-order valence-electron chi connectivity index (χ0n) is 22.8. The quantitative estimate of drug-likeness (QED) is 0.166. The summed E-state index contributed by atoms with van der Waals surface area (Å²) in [7, 11) is 0. The van der Waals surface area contributed by atoms with E-state index in [0.29, 0.717) is 5.82 Å². The highest BCUT2D eigenvalue weighted by Crippen LogP contribution is 2.40. The summed E-state index contributed by atoms with van der Waals surface area (Å²) in [6.45, 7) is 0. The molecule has 0 fully saturated rings. The molecule has 0 radical (unpaired) electrons. The van der Waals surface area contributed by atoms with Crippen LogP contribution in [0.3, 0.4) is 0 Å². The van der Waals surface area contributed by atoms with E-state index in [4.69, 9.17) is 9.97 Å². The highest BCUT2D eigenvalue weighted by atomic mass is 14.9. The van der Waals surface area contributed by atoms with Gasteiger partial charge in [0.15, 0.2) is 5.82 Å². The first-order valence-electron chi connectivity index (χ1n) is 14.1. The lowest BCUT2D eigenvalue weighted by molar-refractivity contribution is 1.19. The van der Waals surface area contributed by atoms with Crippen molar-refractivity contribution < 1.29 is 0 Å². The van der Waals surface area contributed by atoms with Crippen molar-refractivity contribution in [3.05, 3.63) is 152 Å². The number of benzene rings is 6. The van der Waals surface area contributed by atoms with E-state index in [2.05, 4.69) is 120 Å². The van der Waals surface area contributed by atoms with E-state index in [9.17, 15) is 0 Å². The molecule has 0 aliphatic carbocycles. The van der Waals surface area contributed by atoms with Gasteiger partial charge < -0.3 is 0 Å². The number of hydrogen-bond donors (Lipinski definition) is 0. The number of fused-ring (bicyclic) bond motifs is 4. The van der Waals surface area contributed by atoms with Gasteiger partial charge in [-0.2, -0.15) is 0 Å². The molecular formula is C39H25N3. The molecule has 0 saturated carbocycles. The molecule has 0 N–H and O–H groups in total. The Kier molecular flexibility index (Phi) is 5.79. The SMILES string of the molecule is c1ccc(-c2nc(-c3cccc(-c4cccnc4)c3)cc(-c3c4ccccc4cc4c3ccc3ccccc34)n2)cc1. The molecule has 42 heavy (non-hydrogen) atoms. The normalized spacial score (nSPS) is 11.3. The summed E-state index contributed by atoms with van der Waals surface area (Å²) in [5, 5.41) is 7.24. The van der Waals surface area contributed by atoms with E-state index in [-0.39, 0.29) is 0 Å². The molecule has 6 aromatic carbocycles. The van der Waals surface area contributed by atoms with Crippen LogP contribution in [0, 0.1) is 0 Å². The van der Waals surface area contributed by atoms with Gasteiger partial charge in [-0.15, -0.1) is 0 Å². The molecule has 8 rings (SSSR count). The summed E-state index contributed by atoms with van der Waals surface area (Å²) in [5.41, 5.74) is 7.10. The topological polar surface area (TPSA) is 38.7 Å². The molecule has 0 aliphatic heterocycles. The van der Waals surface area contributed by atoms with Crippen LogP contribution in [0.2, 0.25) is 0 Å². The molecule has 3 nitrogen and oxygen atoms in total. The summed E-state index contributed by atoms with van der Waals surface area (Å²) in [6, 6.07) is 48.9. The minimum absolute atomic E-state index is 0.705. The fourth-order valence-electron chi connectivity index (χ4n) is 5.93. The van der Waals surface area contributed by atoms with Gasteiger partial charge >= 0.3 is 0 Å². The molecule has 196 valence electrons. The lowest BCUT2D eigenvalue weighted by atomic mass is 9.91. The van der Waals surface area contributed by atoms with Crippen LogP contribution in [0.25, 0.3) is 77.3 Å². The van der Waals surface area contributed by atoms with Crippen molar-refractivity contribution in [2.45, 2.75) is 0 Å². The van der Waals surface area contributed by atoms with Crippen LogP contribution < -0.4 is 0 Å². The van der Waals surface area contributed by atoms with Gasteiger partial charge in [0.25, 0.3) is 0 Å². The van der Waals surface area contributed by atoms with Crippen molar-refractivity contribution >= 4 is 32.3 Å². The van der Waals surface area contributed by atoms with Gasteiger partial charge in [-0.1, -0.05) is 115 Å². The maximum atomic E-state index is 5.24. The Morgan fingerprint density at radius 3 is 1.95 bits per heavy atom. The van der Waals surface area contributed by atoms with Crippen LogP contribution in [-0.4, -0.2) is 15.0 Å². The van der Waals surface area contributed by atoms with Crippen LogP contribution in [0.4, 0.5) is 0 Å². The number of aromatic nitrogens is 3. The first-order valence-corrected chi connectivity index (χ1v) is 14.1. The molecule has 0 amide bonds. The summed E-state index contributed by atoms with van der Waals surface area (Å²) in [5.74, 6) is 0.705. The monoisotopic (exact) mass is 535 g/mol. The van der Waals surface area contributed by atoms with E-state index in [0.717, 1.165) is 39.2 Å². The van der Waals surface area contributed by atoms with Crippen molar-refractivity contribution in [1.29, 1.82) is 0 Å². The Labute approximate surface area is 243 Å². The van der Waals surface area contributed by atoms with E-state index in [1.165, 1.54) is 32.3 Å². The Morgan fingerprint density at radius 2 is 1.10 bits per heavy atom. The summed E-state index contributed by atoms with van der Waals surface area (Å²) in [4.78, 5) is 14.7. The fourth-order valence-corrected chi connectivity index (χ4v) is 5.93. The third kappa shape index (κ3) is 4.20. The van der Waals surface area contributed by atoms with Crippen LogP contribution in [-0.2, 0) is 0 Å². The lowest BCUT2D eigenvalue weighted by Gasteiger charge is -2.15. The molecule has 8 aromatic rings. The van der Waals surface area contributed by atoms with Gasteiger partial charge in [0.2, 0.25) is 0 Å². The van der Waals surface area contributed by atoms with Gasteiger partial charge in [-0.25, -0.2) is 9.97 Å². The van der Waals surface area contributed by atoms with Crippen LogP contribution in [0.1, 0.15) is 0 Å². The van der Waals surface area contributed by atoms with Crippen molar-refractivity contribution in [3.63, 3.8) is 0 Å². The van der Waals surface area contributed by atoms with Crippen molar-refractivity contribution in [1.82, 2.24) is 15.0 Å². The van der Waals surface area contributed by atoms with Crippen molar-refractivity contribution in [2.24, 2.45) is 0 Å². The zero-order valence-corrected chi connectivity index (χ0v) is 22.8. The Morgan fingerprint density at radius 1 is 0.381 bits per heavy atom. The highest BCUT2D eigenvalue weighted by Gasteiger charge is 2.17. The second kappa shape index (κ2) is 10.1. The first-order chi connectivity index (χ1) is 20.8. The third-order valence-corrected chi connectivity index (χ3v) is 7.94. The predicted molar refractivity (Wildman–Crippen MR) is 174 cm³/mol. The van der Waals surface area contributed by atoms with Gasteiger partial charge in [-0.3, -0.25) is 4.98 Å². The van der Waals surface area contributed by atoms with E-state index in [1.807, 2.05) is 30.5 Å². The van der Waals surface area contributed by atoms with E-state index < -0.39 is 0 Å². The number of hydrogen-bond acceptors (Lipinski definition) is 3. The summed E-state index contributed by atoms with van der Waals surface area (Å²) >= 11 is 0. The first kappa shape index (κ1) is 24.2. The number of rotatable bonds is 4. The molecule has 0 saturated heterocycles. The molecule has 0 unspecified atom stereocenters. The van der Waals surface area contributed by atoms with Gasteiger partial charge in [0, 0.05) is 34.6 Å². The van der Waals surface area contributed by atoms with Gasteiger partial charge in [0.1, 0.15) is 0 Å². The smallest absolute Gasteiger partial charge is 0.160 e. The van der Waals surface area contributed by atoms with Gasteiger partial charge in [0.05, 0.1) is 11.4 Å². The summed E-state index contributed by atoms with van der Waals surface area (Å²) in [6.07, 6.45) is 3.69. The molecule has 0 atom stereocenters. The van der Waals surface area contributed by atoms with Gasteiger partial charge in [-0.05, 0) is 62.1 Å². The average molecular weight is 536 g/mol. The minimum Gasteiger partial charge on any atom is -0.264 e. The maximum absolute atomic E-state index is 5.24. The maximum Gasteiger partial charge on any atom is 0.160 e. The number of nitrogens with zero attached hydrogens (tertiary/aromatic N) is 3. The fraction of sp³-hybridized carbons (Fsp3) is 0. The van der Waals surface area contributed by atoms with Crippen LogP contribution >= 0.6 is 0 Å². The average Bonchev–Trinajstić information content (AvgIpc) is 3.08. The van der Waals surface area contributed by atoms with Crippen LogP contribution in [0.15, 0.2) is 152 Å². The highest BCUT2D eigenvalue weighted by molar-refractivity contribution is 6.19. The molecule has 2 aromatic heterocycles. The molecular weight excluding hydrogens is 510 g/mol. The predicted octanol–water partition coefficient (Wildman–Crippen LogP) is 10.00. The van der Waals surface area contributed by atoms with Crippen molar-refractivity contribution in [3.8, 4) is 45.0 Å². The van der Waals surface area contributed by atoms with E-state index >= 15 is 0 Å². The minimum atomic E-state index is 0.705. The second-order valence-electron chi connectivity index (χ2n) is 10.5. The third-order valence-electron chi connectivity index (χ3n) is 7.94. The molecule has 2 heterocycles. The zero-order chi connectivity index (χ0) is 27.9. The molecule has 0 aliphatic rings. The standard InChI is InChI=1S/C39H25N3/c1-2-11-27(12-3-1)39-41-36(30-15-8-14-28(22-30)31-16-9-21-40-25-31)24-37(42-39)38-33-18-7-5-13-29(33)23-35-32-17-6-4-10-26(32)19-20-34(35)38/h1-25H. The molecule has 0 spiro atoms. The number of pyridine rings is 1. The Hall–Kier alpha value is -5.67. The van der Waals surface area contributed by atoms with E-state index in [1.54, 1.807) is 6.20 Å². The van der Waals surface area contributed by atoms with Crippen molar-refractivity contribution in [2.75, 3.05) is 0 Å². The Bertz CT molecular complexity index is 2240. The molecule has 3 heteroatoms. The van der Waals surface area contributed by atoms with Crippen LogP contribution in [0.5, 0.6) is 0 Å². The summed E-state index contributed by atoms with van der Waals surface area (Å²) < 4.78 is 0.